The fourth-order valence-electron chi connectivity index (χ4n) is 1.66. The molecule has 0 heterocycles. The maximum absolute atomic E-state index is 11.0. The van der Waals surface area contributed by atoms with Gasteiger partial charge in [0, 0.05) is 12.8 Å². The van der Waals surface area contributed by atoms with Crippen LogP contribution in [0.5, 0.6) is 5.75 Å². The van der Waals surface area contributed by atoms with Crippen molar-refractivity contribution in [1.29, 1.82) is 0 Å². The molecule has 0 fully saturated rings. The number of hydrogen-bond donors (Lipinski definition) is 1. The highest BCUT2D eigenvalue weighted by atomic mass is 32.2. The van der Waals surface area contributed by atoms with Crippen LogP contribution in [0.1, 0.15) is 25.3 Å². The minimum Gasteiger partial charge on any atom is -0.494 e. The minimum atomic E-state index is -2.85. The Morgan fingerprint density at radius 1 is 1.32 bits per heavy atom. The lowest BCUT2D eigenvalue weighted by Crippen LogP contribution is -2.17. The lowest BCUT2D eigenvalue weighted by Gasteiger charge is -2.08. The smallest absolute Gasteiger partial charge is 0.147 e. The van der Waals surface area contributed by atoms with Gasteiger partial charge in [-0.1, -0.05) is 19.1 Å². The zero-order valence-corrected chi connectivity index (χ0v) is 12.5. The number of benzene rings is 1. The van der Waals surface area contributed by atoms with Crippen molar-refractivity contribution in [3.63, 3.8) is 0 Å². The third-order valence-electron chi connectivity index (χ3n) is 2.57. The summed E-state index contributed by atoms with van der Waals surface area (Å²) in [6.45, 7) is 4.23. The second-order valence-corrected chi connectivity index (χ2v) is 6.92. The number of hydrogen-bond acceptors (Lipinski definition) is 4. The predicted molar refractivity (Wildman–Crippen MR) is 78.3 cm³/mol. The predicted octanol–water partition coefficient (Wildman–Crippen LogP) is 2.00. The van der Waals surface area contributed by atoms with E-state index in [0.29, 0.717) is 13.0 Å². The number of sulfone groups is 1. The summed E-state index contributed by atoms with van der Waals surface area (Å²) in [6, 6.07) is 7.96. The van der Waals surface area contributed by atoms with Crippen LogP contribution in [0, 0.1) is 0 Å². The number of rotatable bonds is 9. The Labute approximate surface area is 116 Å². The van der Waals surface area contributed by atoms with E-state index in [0.717, 1.165) is 30.9 Å². The maximum Gasteiger partial charge on any atom is 0.147 e. The van der Waals surface area contributed by atoms with Crippen LogP contribution in [0.2, 0.25) is 0 Å². The molecule has 0 spiro atoms. The number of nitrogens with one attached hydrogen (secondary N) is 1. The molecule has 0 unspecified atom stereocenters. The first kappa shape index (κ1) is 16.0. The molecule has 1 rings (SSSR count). The fourth-order valence-corrected chi connectivity index (χ4v) is 2.33. The van der Waals surface area contributed by atoms with E-state index >= 15 is 0 Å². The molecule has 0 radical (unpaired) electrons. The van der Waals surface area contributed by atoms with Gasteiger partial charge in [0.25, 0.3) is 0 Å². The monoisotopic (exact) mass is 285 g/mol. The van der Waals surface area contributed by atoms with E-state index in [1.54, 1.807) is 0 Å². The molecule has 0 atom stereocenters. The van der Waals surface area contributed by atoms with Gasteiger partial charge >= 0.3 is 0 Å². The summed E-state index contributed by atoms with van der Waals surface area (Å²) in [7, 11) is -2.85. The lowest BCUT2D eigenvalue weighted by molar-refractivity contribution is 0.317. The zero-order valence-electron chi connectivity index (χ0n) is 11.7. The van der Waals surface area contributed by atoms with Gasteiger partial charge in [0.2, 0.25) is 0 Å². The van der Waals surface area contributed by atoms with Crippen LogP contribution >= 0.6 is 0 Å². The summed E-state index contributed by atoms with van der Waals surface area (Å²) in [4.78, 5) is 0. The van der Waals surface area contributed by atoms with Crippen LogP contribution in [-0.2, 0) is 16.4 Å². The van der Waals surface area contributed by atoms with Gasteiger partial charge in [0.1, 0.15) is 15.6 Å². The van der Waals surface area contributed by atoms with Gasteiger partial charge in [0.05, 0.1) is 12.4 Å². The normalized spacial score (nSPS) is 11.5. The quantitative estimate of drug-likeness (QED) is 0.705. The fraction of sp³-hybridized carbons (Fsp3) is 0.571. The van der Waals surface area contributed by atoms with Gasteiger partial charge in [0.15, 0.2) is 0 Å². The molecule has 0 aromatic heterocycles. The first-order valence-corrected chi connectivity index (χ1v) is 8.67. The van der Waals surface area contributed by atoms with Crippen molar-refractivity contribution < 1.29 is 13.2 Å². The Morgan fingerprint density at radius 3 is 2.79 bits per heavy atom. The van der Waals surface area contributed by atoms with E-state index in [9.17, 15) is 8.42 Å². The van der Waals surface area contributed by atoms with Crippen LogP contribution < -0.4 is 10.1 Å². The SMILES string of the molecule is CCCOc1cccc(CNCCCS(C)(=O)=O)c1. The van der Waals surface area contributed by atoms with E-state index < -0.39 is 9.84 Å². The summed E-state index contributed by atoms with van der Waals surface area (Å²) < 4.78 is 27.5. The van der Waals surface area contributed by atoms with Crippen molar-refractivity contribution in [2.75, 3.05) is 25.2 Å². The molecule has 4 nitrogen and oxygen atoms in total. The third kappa shape index (κ3) is 7.85. The van der Waals surface area contributed by atoms with Crippen LogP contribution in [0.15, 0.2) is 24.3 Å². The molecular formula is C14H23NO3S. The summed E-state index contributed by atoms with van der Waals surface area (Å²) in [5.74, 6) is 1.12. The molecule has 0 saturated heterocycles. The van der Waals surface area contributed by atoms with E-state index in [2.05, 4.69) is 12.2 Å². The molecule has 0 amide bonds. The average molecular weight is 285 g/mol. The summed E-state index contributed by atoms with van der Waals surface area (Å²) in [5, 5.41) is 3.24. The molecule has 0 aliphatic heterocycles. The molecule has 5 heteroatoms. The molecule has 1 aromatic rings. The van der Waals surface area contributed by atoms with Crippen LogP contribution in [0.3, 0.4) is 0 Å². The largest absolute Gasteiger partial charge is 0.494 e. The molecule has 0 bridgehead atoms. The Morgan fingerprint density at radius 2 is 2.11 bits per heavy atom. The van der Waals surface area contributed by atoms with Crippen molar-refractivity contribution >= 4 is 9.84 Å². The number of ether oxygens (including phenoxy) is 1. The molecule has 1 N–H and O–H groups in total. The van der Waals surface area contributed by atoms with Gasteiger partial charge in [-0.25, -0.2) is 8.42 Å². The molecule has 1 aromatic carbocycles. The van der Waals surface area contributed by atoms with Crippen LogP contribution in [0.4, 0.5) is 0 Å². The molecular weight excluding hydrogens is 262 g/mol. The van der Waals surface area contributed by atoms with E-state index in [-0.39, 0.29) is 5.75 Å². The molecule has 0 saturated carbocycles. The highest BCUT2D eigenvalue weighted by Gasteiger charge is 2.01. The molecule has 19 heavy (non-hydrogen) atoms. The maximum atomic E-state index is 11.0. The van der Waals surface area contributed by atoms with E-state index in [1.807, 2.05) is 24.3 Å². The molecule has 0 aliphatic rings. The van der Waals surface area contributed by atoms with Crippen molar-refractivity contribution in [2.24, 2.45) is 0 Å². The van der Waals surface area contributed by atoms with Gasteiger partial charge in [-0.05, 0) is 37.1 Å². The Bertz CT molecular complexity index is 471. The third-order valence-corrected chi connectivity index (χ3v) is 3.60. The van der Waals surface area contributed by atoms with Crippen molar-refractivity contribution in [2.45, 2.75) is 26.3 Å². The summed E-state index contributed by atoms with van der Waals surface area (Å²) >= 11 is 0. The van der Waals surface area contributed by atoms with Crippen molar-refractivity contribution in [3.8, 4) is 5.75 Å². The van der Waals surface area contributed by atoms with Crippen molar-refractivity contribution in [1.82, 2.24) is 5.32 Å². The van der Waals surface area contributed by atoms with Gasteiger partial charge in [-0.2, -0.15) is 0 Å². The van der Waals surface area contributed by atoms with Gasteiger partial charge in [-0.3, -0.25) is 0 Å². The first-order valence-electron chi connectivity index (χ1n) is 6.61. The summed E-state index contributed by atoms with van der Waals surface area (Å²) in [6.07, 6.45) is 2.90. The van der Waals surface area contributed by atoms with E-state index in [4.69, 9.17) is 4.74 Å². The Kier molecular flexibility index (Phi) is 6.87. The highest BCUT2D eigenvalue weighted by molar-refractivity contribution is 7.90. The Balaban J connectivity index is 2.29. The second kappa shape index (κ2) is 8.17. The van der Waals surface area contributed by atoms with Gasteiger partial charge in [-0.15, -0.1) is 0 Å². The second-order valence-electron chi connectivity index (χ2n) is 4.66. The average Bonchev–Trinajstić information content (AvgIpc) is 2.35. The summed E-state index contributed by atoms with van der Waals surface area (Å²) in [5.41, 5.74) is 1.15. The first-order chi connectivity index (χ1) is 9.01. The topological polar surface area (TPSA) is 55.4 Å². The van der Waals surface area contributed by atoms with Crippen LogP contribution in [-0.4, -0.2) is 33.6 Å². The molecule has 108 valence electrons. The highest BCUT2D eigenvalue weighted by Crippen LogP contribution is 2.13. The Hall–Kier alpha value is -1.07. The molecule has 0 aliphatic carbocycles. The van der Waals surface area contributed by atoms with E-state index in [1.165, 1.54) is 6.26 Å². The standard InChI is InChI=1S/C14H23NO3S/c1-3-9-18-14-7-4-6-13(11-14)12-15-8-5-10-19(2,16)17/h4,6-7,11,15H,3,5,8-10,12H2,1-2H3. The minimum absolute atomic E-state index is 0.236. The lowest BCUT2D eigenvalue weighted by atomic mass is 10.2. The van der Waals surface area contributed by atoms with Gasteiger partial charge < -0.3 is 10.1 Å². The van der Waals surface area contributed by atoms with Crippen molar-refractivity contribution in [3.05, 3.63) is 29.8 Å². The zero-order chi connectivity index (χ0) is 14.1. The van der Waals surface area contributed by atoms with Crippen LogP contribution in [0.25, 0.3) is 0 Å².